The third-order valence-electron chi connectivity index (χ3n) is 2.40. The van der Waals surface area contributed by atoms with Crippen LogP contribution in [0.15, 0.2) is 53.0 Å². The summed E-state index contributed by atoms with van der Waals surface area (Å²) in [6, 6.07) is 14.4. The normalized spacial score (nSPS) is 12.4. The first-order valence-corrected chi connectivity index (χ1v) is 5.69. The Hall–Kier alpha value is -1.32. The van der Waals surface area contributed by atoms with Gasteiger partial charge in [0.05, 0.1) is 4.47 Å². The number of hydrogen-bond donors (Lipinski definition) is 2. The van der Waals surface area contributed by atoms with Crippen molar-refractivity contribution in [3.63, 3.8) is 0 Å². The van der Waals surface area contributed by atoms with Crippen molar-refractivity contribution in [1.29, 1.82) is 0 Å². The van der Waals surface area contributed by atoms with Gasteiger partial charge in [-0.05, 0) is 39.2 Å². The van der Waals surface area contributed by atoms with E-state index in [1.165, 1.54) is 0 Å². The van der Waals surface area contributed by atoms with Crippen LogP contribution in [0.2, 0.25) is 0 Å². The Morgan fingerprint density at radius 2 is 1.62 bits per heavy atom. The van der Waals surface area contributed by atoms with Crippen LogP contribution in [0.4, 0.5) is 0 Å². The van der Waals surface area contributed by atoms with E-state index in [0.717, 1.165) is 11.1 Å². The van der Waals surface area contributed by atoms with Crippen LogP contribution in [-0.4, -0.2) is 10.2 Å². The molecule has 0 heterocycles. The average molecular weight is 279 g/mol. The van der Waals surface area contributed by atoms with Gasteiger partial charge in [0, 0.05) is 0 Å². The lowest BCUT2D eigenvalue weighted by Crippen LogP contribution is -1.98. The highest BCUT2D eigenvalue weighted by atomic mass is 79.9. The van der Waals surface area contributed by atoms with E-state index in [1.807, 2.05) is 30.3 Å². The maximum atomic E-state index is 10.1. The van der Waals surface area contributed by atoms with E-state index in [4.69, 9.17) is 0 Å². The minimum absolute atomic E-state index is 0.170. The molecule has 0 spiro atoms. The molecule has 1 unspecified atom stereocenters. The van der Waals surface area contributed by atoms with E-state index in [0.29, 0.717) is 4.47 Å². The van der Waals surface area contributed by atoms with Crippen LogP contribution < -0.4 is 0 Å². The van der Waals surface area contributed by atoms with Crippen molar-refractivity contribution in [2.45, 2.75) is 6.10 Å². The predicted molar refractivity (Wildman–Crippen MR) is 66.3 cm³/mol. The Balaban J connectivity index is 2.34. The summed E-state index contributed by atoms with van der Waals surface area (Å²) in [5.74, 6) is 0.170. The number of benzene rings is 2. The van der Waals surface area contributed by atoms with Crippen molar-refractivity contribution in [2.75, 3.05) is 0 Å². The number of phenolic OH excluding ortho intramolecular Hbond substituents is 1. The van der Waals surface area contributed by atoms with Crippen molar-refractivity contribution in [3.05, 3.63) is 64.1 Å². The van der Waals surface area contributed by atoms with E-state index in [1.54, 1.807) is 18.2 Å². The van der Waals surface area contributed by atoms with Gasteiger partial charge in [-0.1, -0.05) is 36.4 Å². The quantitative estimate of drug-likeness (QED) is 0.886. The first-order valence-electron chi connectivity index (χ1n) is 4.90. The number of aliphatic hydroxyl groups excluding tert-OH is 1. The number of halogens is 1. The summed E-state index contributed by atoms with van der Waals surface area (Å²) < 4.78 is 0.583. The maximum absolute atomic E-state index is 10.1. The van der Waals surface area contributed by atoms with E-state index < -0.39 is 6.10 Å². The smallest absolute Gasteiger partial charge is 0.129 e. The fourth-order valence-electron chi connectivity index (χ4n) is 1.52. The van der Waals surface area contributed by atoms with E-state index in [9.17, 15) is 10.2 Å². The number of rotatable bonds is 2. The van der Waals surface area contributed by atoms with Gasteiger partial charge in [0.2, 0.25) is 0 Å². The molecule has 0 saturated heterocycles. The van der Waals surface area contributed by atoms with Gasteiger partial charge in [-0.15, -0.1) is 0 Å². The van der Waals surface area contributed by atoms with Gasteiger partial charge in [0.1, 0.15) is 11.9 Å². The number of hydrogen-bond acceptors (Lipinski definition) is 2. The Bertz CT molecular complexity index is 483. The standard InChI is InChI=1S/C13H11BrO2/c14-11-8-10(6-7-12(11)15)13(16)9-4-2-1-3-5-9/h1-8,13,15-16H. The third-order valence-corrected chi connectivity index (χ3v) is 3.04. The summed E-state index contributed by atoms with van der Waals surface area (Å²) >= 11 is 3.23. The molecule has 0 radical (unpaired) electrons. The van der Waals surface area contributed by atoms with E-state index in [-0.39, 0.29) is 5.75 Å². The highest BCUT2D eigenvalue weighted by molar-refractivity contribution is 9.10. The summed E-state index contributed by atoms with van der Waals surface area (Å²) in [5, 5.41) is 19.5. The minimum atomic E-state index is -0.668. The number of aliphatic hydroxyl groups is 1. The first kappa shape index (κ1) is 11.2. The number of aromatic hydroxyl groups is 1. The molecule has 0 saturated carbocycles. The van der Waals surface area contributed by atoms with E-state index in [2.05, 4.69) is 15.9 Å². The van der Waals surface area contributed by atoms with Crippen molar-refractivity contribution >= 4 is 15.9 Å². The van der Waals surface area contributed by atoms with Gasteiger partial charge in [-0.25, -0.2) is 0 Å². The van der Waals surface area contributed by atoms with Crippen LogP contribution in [-0.2, 0) is 0 Å². The van der Waals surface area contributed by atoms with Crippen molar-refractivity contribution < 1.29 is 10.2 Å². The molecular formula is C13H11BrO2. The minimum Gasteiger partial charge on any atom is -0.507 e. The molecular weight excluding hydrogens is 268 g/mol. The molecule has 0 aliphatic heterocycles. The molecule has 16 heavy (non-hydrogen) atoms. The largest absolute Gasteiger partial charge is 0.507 e. The van der Waals surface area contributed by atoms with Crippen LogP contribution in [0.1, 0.15) is 17.2 Å². The molecule has 2 aromatic carbocycles. The molecule has 0 aliphatic rings. The van der Waals surface area contributed by atoms with Crippen LogP contribution in [0.5, 0.6) is 5.75 Å². The summed E-state index contributed by atoms with van der Waals surface area (Å²) in [5.41, 5.74) is 1.58. The fourth-order valence-corrected chi connectivity index (χ4v) is 1.92. The second kappa shape index (κ2) is 4.68. The molecule has 1 atom stereocenters. The molecule has 82 valence electrons. The van der Waals surface area contributed by atoms with E-state index >= 15 is 0 Å². The summed E-state index contributed by atoms with van der Waals surface area (Å²) in [6.45, 7) is 0. The van der Waals surface area contributed by atoms with Gasteiger partial charge in [0.15, 0.2) is 0 Å². The van der Waals surface area contributed by atoms with Gasteiger partial charge in [-0.2, -0.15) is 0 Å². The third kappa shape index (κ3) is 2.26. The molecule has 0 fully saturated rings. The second-order valence-electron chi connectivity index (χ2n) is 3.52. The zero-order valence-electron chi connectivity index (χ0n) is 8.47. The van der Waals surface area contributed by atoms with Crippen LogP contribution in [0.25, 0.3) is 0 Å². The molecule has 0 amide bonds. The summed E-state index contributed by atoms with van der Waals surface area (Å²) in [4.78, 5) is 0. The Kier molecular flexibility index (Phi) is 3.27. The molecule has 0 aliphatic carbocycles. The van der Waals surface area contributed by atoms with Gasteiger partial charge in [-0.3, -0.25) is 0 Å². The SMILES string of the molecule is Oc1ccc(C(O)c2ccccc2)cc1Br. The highest BCUT2D eigenvalue weighted by Crippen LogP contribution is 2.29. The Labute approximate surface area is 102 Å². The monoisotopic (exact) mass is 278 g/mol. The zero-order valence-corrected chi connectivity index (χ0v) is 10.1. The topological polar surface area (TPSA) is 40.5 Å². The Morgan fingerprint density at radius 3 is 2.25 bits per heavy atom. The zero-order chi connectivity index (χ0) is 11.5. The van der Waals surface area contributed by atoms with Crippen LogP contribution >= 0.6 is 15.9 Å². The molecule has 2 rings (SSSR count). The van der Waals surface area contributed by atoms with Crippen molar-refractivity contribution in [1.82, 2.24) is 0 Å². The van der Waals surface area contributed by atoms with Gasteiger partial charge in [0.25, 0.3) is 0 Å². The molecule has 2 aromatic rings. The first-order chi connectivity index (χ1) is 7.68. The summed E-state index contributed by atoms with van der Waals surface area (Å²) in [7, 11) is 0. The van der Waals surface area contributed by atoms with Crippen LogP contribution in [0.3, 0.4) is 0 Å². The maximum Gasteiger partial charge on any atom is 0.129 e. The molecule has 0 aromatic heterocycles. The van der Waals surface area contributed by atoms with Gasteiger partial charge >= 0.3 is 0 Å². The fraction of sp³-hybridized carbons (Fsp3) is 0.0769. The van der Waals surface area contributed by atoms with Crippen molar-refractivity contribution in [2.24, 2.45) is 0 Å². The lowest BCUT2D eigenvalue weighted by Gasteiger charge is -2.12. The highest BCUT2D eigenvalue weighted by Gasteiger charge is 2.11. The molecule has 2 N–H and O–H groups in total. The average Bonchev–Trinajstić information content (AvgIpc) is 2.33. The summed E-state index contributed by atoms with van der Waals surface area (Å²) in [6.07, 6.45) is -0.668. The second-order valence-corrected chi connectivity index (χ2v) is 4.38. The van der Waals surface area contributed by atoms with Crippen molar-refractivity contribution in [3.8, 4) is 5.75 Å². The lowest BCUT2D eigenvalue weighted by atomic mass is 10.0. The molecule has 2 nitrogen and oxygen atoms in total. The predicted octanol–water partition coefficient (Wildman–Crippen LogP) is 3.24. The van der Waals surface area contributed by atoms with Crippen LogP contribution in [0, 0.1) is 0 Å². The molecule has 3 heteroatoms. The lowest BCUT2D eigenvalue weighted by molar-refractivity contribution is 0.220. The molecule has 0 bridgehead atoms. The Morgan fingerprint density at radius 1 is 0.938 bits per heavy atom. The number of phenols is 1. The van der Waals surface area contributed by atoms with Gasteiger partial charge < -0.3 is 10.2 Å².